The number of benzene rings is 1. The lowest BCUT2D eigenvalue weighted by Crippen LogP contribution is -2.37. The number of hydrogen-bond donors (Lipinski definition) is 0. The van der Waals surface area contributed by atoms with Crippen LogP contribution >= 0.6 is 0 Å². The van der Waals surface area contributed by atoms with Crippen LogP contribution in [0.5, 0.6) is 0 Å². The van der Waals surface area contributed by atoms with Gasteiger partial charge in [0, 0.05) is 31.3 Å². The van der Waals surface area contributed by atoms with Gasteiger partial charge in [0.2, 0.25) is 5.82 Å². The summed E-state index contributed by atoms with van der Waals surface area (Å²) in [6.07, 6.45) is 0.780. The number of amides is 1. The summed E-state index contributed by atoms with van der Waals surface area (Å²) in [5.41, 5.74) is -0.541. The maximum atomic E-state index is 13.3. The van der Waals surface area contributed by atoms with Crippen molar-refractivity contribution in [3.05, 3.63) is 39.7 Å². The smallest absolute Gasteiger partial charge is 0.305 e. The highest BCUT2D eigenvalue weighted by Crippen LogP contribution is 2.19. The van der Waals surface area contributed by atoms with E-state index in [1.54, 1.807) is 4.90 Å². The fourth-order valence-electron chi connectivity index (χ4n) is 1.87. The van der Waals surface area contributed by atoms with Crippen LogP contribution in [-0.4, -0.2) is 54.4 Å². The lowest BCUT2D eigenvalue weighted by molar-refractivity contribution is -0.387. The molecule has 0 aliphatic carbocycles. The standard InChI is InChI=1S/C14H20FN3O3/c1-4-7-17(9-8-16(2)3)14(19)11-5-6-12(15)13(10-11)18(20)21/h5-6,10H,4,7-9H2,1-3H3. The lowest BCUT2D eigenvalue weighted by atomic mass is 10.1. The Balaban J connectivity index is 2.97. The average Bonchev–Trinajstić information content (AvgIpc) is 2.42. The number of nitro groups is 1. The molecule has 0 radical (unpaired) electrons. The van der Waals surface area contributed by atoms with Gasteiger partial charge < -0.3 is 9.80 Å². The molecule has 0 bridgehead atoms. The van der Waals surface area contributed by atoms with Crippen molar-refractivity contribution in [2.45, 2.75) is 13.3 Å². The van der Waals surface area contributed by atoms with Gasteiger partial charge in [0.25, 0.3) is 5.91 Å². The van der Waals surface area contributed by atoms with Gasteiger partial charge in [-0.25, -0.2) is 0 Å². The van der Waals surface area contributed by atoms with Gasteiger partial charge in [-0.15, -0.1) is 0 Å². The Kier molecular flexibility index (Phi) is 6.23. The Morgan fingerprint density at radius 1 is 1.29 bits per heavy atom. The SMILES string of the molecule is CCCN(CCN(C)C)C(=O)c1ccc(F)c([N+](=O)[O-])c1. The molecule has 6 nitrogen and oxygen atoms in total. The summed E-state index contributed by atoms with van der Waals surface area (Å²) >= 11 is 0. The summed E-state index contributed by atoms with van der Waals surface area (Å²) in [6, 6.07) is 3.24. The first kappa shape index (κ1) is 17.0. The molecule has 21 heavy (non-hydrogen) atoms. The quantitative estimate of drug-likeness (QED) is 0.571. The second-order valence-electron chi connectivity index (χ2n) is 5.02. The number of hydrogen-bond acceptors (Lipinski definition) is 4. The van der Waals surface area contributed by atoms with E-state index in [1.807, 2.05) is 25.9 Å². The first-order valence-corrected chi connectivity index (χ1v) is 6.74. The highest BCUT2D eigenvalue weighted by atomic mass is 19.1. The Bertz CT molecular complexity index is 520. The fourth-order valence-corrected chi connectivity index (χ4v) is 1.87. The molecule has 1 aromatic rings. The molecule has 1 aromatic carbocycles. The summed E-state index contributed by atoms with van der Waals surface area (Å²) < 4.78 is 13.3. The maximum absolute atomic E-state index is 13.3. The number of nitrogens with zero attached hydrogens (tertiary/aromatic N) is 3. The first-order chi connectivity index (χ1) is 9.86. The van der Waals surface area contributed by atoms with Crippen molar-refractivity contribution in [3.8, 4) is 0 Å². The molecule has 7 heteroatoms. The minimum absolute atomic E-state index is 0.135. The zero-order valence-electron chi connectivity index (χ0n) is 12.5. The molecule has 0 aliphatic rings. The molecular weight excluding hydrogens is 277 g/mol. The molecule has 0 saturated carbocycles. The fraction of sp³-hybridized carbons (Fsp3) is 0.500. The Labute approximate surface area is 123 Å². The van der Waals surface area contributed by atoms with Crippen LogP contribution in [0.1, 0.15) is 23.7 Å². The summed E-state index contributed by atoms with van der Waals surface area (Å²) in [6.45, 7) is 3.71. The third kappa shape index (κ3) is 4.78. The molecule has 0 heterocycles. The van der Waals surface area contributed by atoms with Crippen LogP contribution in [0.3, 0.4) is 0 Å². The topological polar surface area (TPSA) is 66.7 Å². The average molecular weight is 297 g/mol. The number of carbonyl (C=O) groups is 1. The van der Waals surface area contributed by atoms with Crippen molar-refractivity contribution in [1.29, 1.82) is 0 Å². The van der Waals surface area contributed by atoms with E-state index in [0.29, 0.717) is 19.6 Å². The van der Waals surface area contributed by atoms with E-state index >= 15 is 0 Å². The molecule has 0 saturated heterocycles. The molecule has 0 atom stereocenters. The van der Waals surface area contributed by atoms with E-state index in [9.17, 15) is 19.3 Å². The molecular formula is C14H20FN3O3. The van der Waals surface area contributed by atoms with Gasteiger partial charge in [-0.1, -0.05) is 6.92 Å². The Morgan fingerprint density at radius 3 is 2.48 bits per heavy atom. The van der Waals surface area contributed by atoms with Crippen LogP contribution < -0.4 is 0 Å². The van der Waals surface area contributed by atoms with Crippen LogP contribution in [0.2, 0.25) is 0 Å². The van der Waals surface area contributed by atoms with Crippen LogP contribution in [0.15, 0.2) is 18.2 Å². The van der Waals surface area contributed by atoms with Crippen molar-refractivity contribution in [3.63, 3.8) is 0 Å². The predicted octanol–water partition coefficient (Wildman–Crippen LogP) is 2.15. The highest BCUT2D eigenvalue weighted by molar-refractivity contribution is 5.94. The van der Waals surface area contributed by atoms with Crippen molar-refractivity contribution in [2.24, 2.45) is 0 Å². The lowest BCUT2D eigenvalue weighted by Gasteiger charge is -2.24. The summed E-state index contributed by atoms with van der Waals surface area (Å²) in [7, 11) is 3.80. The minimum Gasteiger partial charge on any atom is -0.337 e. The summed E-state index contributed by atoms with van der Waals surface area (Å²) in [5, 5.41) is 10.7. The van der Waals surface area contributed by atoms with E-state index in [1.165, 1.54) is 6.07 Å². The molecule has 1 amide bonds. The minimum atomic E-state index is -0.938. The van der Waals surface area contributed by atoms with E-state index in [2.05, 4.69) is 0 Å². The van der Waals surface area contributed by atoms with Gasteiger partial charge in [0.1, 0.15) is 0 Å². The molecule has 116 valence electrons. The molecule has 0 N–H and O–H groups in total. The van der Waals surface area contributed by atoms with E-state index in [0.717, 1.165) is 18.6 Å². The highest BCUT2D eigenvalue weighted by Gasteiger charge is 2.20. The Morgan fingerprint density at radius 2 is 1.95 bits per heavy atom. The van der Waals surface area contributed by atoms with Gasteiger partial charge in [0.15, 0.2) is 0 Å². The van der Waals surface area contributed by atoms with Crippen LogP contribution in [0.25, 0.3) is 0 Å². The van der Waals surface area contributed by atoms with Crippen LogP contribution in [-0.2, 0) is 0 Å². The van der Waals surface area contributed by atoms with E-state index < -0.39 is 16.4 Å². The zero-order chi connectivity index (χ0) is 16.0. The monoisotopic (exact) mass is 297 g/mol. The molecule has 1 rings (SSSR count). The molecule has 0 unspecified atom stereocenters. The number of nitro benzene ring substituents is 1. The number of halogens is 1. The molecule has 0 aromatic heterocycles. The van der Waals surface area contributed by atoms with Gasteiger partial charge in [-0.05, 0) is 32.6 Å². The van der Waals surface area contributed by atoms with E-state index in [4.69, 9.17) is 0 Å². The maximum Gasteiger partial charge on any atom is 0.305 e. The van der Waals surface area contributed by atoms with Gasteiger partial charge in [-0.3, -0.25) is 14.9 Å². The van der Waals surface area contributed by atoms with Crippen LogP contribution in [0.4, 0.5) is 10.1 Å². The molecule has 0 fully saturated rings. The predicted molar refractivity (Wildman–Crippen MR) is 77.8 cm³/mol. The number of rotatable bonds is 7. The third-order valence-electron chi connectivity index (χ3n) is 2.99. The van der Waals surface area contributed by atoms with Crippen LogP contribution in [0, 0.1) is 15.9 Å². The molecule has 0 spiro atoms. The molecule has 0 aliphatic heterocycles. The van der Waals surface area contributed by atoms with Crippen molar-refractivity contribution in [2.75, 3.05) is 33.7 Å². The summed E-state index contributed by atoms with van der Waals surface area (Å²) in [4.78, 5) is 25.9. The normalized spacial score (nSPS) is 10.7. The number of likely N-dealkylation sites (N-methyl/N-ethyl adjacent to an activating group) is 1. The largest absolute Gasteiger partial charge is 0.337 e. The van der Waals surface area contributed by atoms with Crippen molar-refractivity contribution in [1.82, 2.24) is 9.80 Å². The van der Waals surface area contributed by atoms with Crippen molar-refractivity contribution < 1.29 is 14.1 Å². The van der Waals surface area contributed by atoms with Gasteiger partial charge in [-0.2, -0.15) is 4.39 Å². The summed E-state index contributed by atoms with van der Waals surface area (Å²) in [5.74, 6) is -1.26. The Hall–Kier alpha value is -2.02. The first-order valence-electron chi connectivity index (χ1n) is 6.74. The van der Waals surface area contributed by atoms with E-state index in [-0.39, 0.29) is 11.5 Å². The van der Waals surface area contributed by atoms with Gasteiger partial charge in [0.05, 0.1) is 4.92 Å². The zero-order valence-corrected chi connectivity index (χ0v) is 12.5. The number of carbonyl (C=O) groups excluding carboxylic acids is 1. The van der Waals surface area contributed by atoms with Crippen molar-refractivity contribution >= 4 is 11.6 Å². The van der Waals surface area contributed by atoms with Gasteiger partial charge >= 0.3 is 5.69 Å². The second kappa shape index (κ2) is 7.68. The third-order valence-corrected chi connectivity index (χ3v) is 2.99. The second-order valence-corrected chi connectivity index (χ2v) is 5.02.